The molecule has 1 nitrogen and oxygen atoms in total. The molecule has 0 aliphatic heterocycles. The van der Waals surface area contributed by atoms with Gasteiger partial charge in [0.2, 0.25) is 0 Å². The zero-order valence-corrected chi connectivity index (χ0v) is 11.0. The molecule has 0 unspecified atom stereocenters. The maximum absolute atomic E-state index is 8.99. The fourth-order valence-corrected chi connectivity index (χ4v) is 2.82. The van der Waals surface area contributed by atoms with E-state index >= 15 is 0 Å². The Hall–Kier alpha value is -0.0400. The molecule has 0 aromatic rings. The third-order valence-electron chi connectivity index (χ3n) is 3.49. The molecule has 15 heavy (non-hydrogen) atoms. The molecule has 0 aliphatic rings. The average molecular weight is 214 g/mol. The SMILES string of the molecule is CCCCC(CCC)(CCC)CCCO. The summed E-state index contributed by atoms with van der Waals surface area (Å²) >= 11 is 0. The van der Waals surface area contributed by atoms with Crippen molar-refractivity contribution in [1.82, 2.24) is 0 Å². The second-order valence-electron chi connectivity index (χ2n) is 4.93. The largest absolute Gasteiger partial charge is 0.396 e. The zero-order valence-electron chi connectivity index (χ0n) is 11.0. The van der Waals surface area contributed by atoms with E-state index in [1.807, 2.05) is 0 Å². The van der Waals surface area contributed by atoms with Crippen molar-refractivity contribution < 1.29 is 5.11 Å². The Morgan fingerprint density at radius 1 is 0.733 bits per heavy atom. The number of rotatable bonds is 10. The lowest BCUT2D eigenvalue weighted by molar-refractivity contribution is 0.163. The second kappa shape index (κ2) is 9.21. The number of aliphatic hydroxyl groups excluding tert-OH is 1. The van der Waals surface area contributed by atoms with Crippen molar-refractivity contribution in [1.29, 1.82) is 0 Å². The Morgan fingerprint density at radius 3 is 1.67 bits per heavy atom. The smallest absolute Gasteiger partial charge is 0.0431 e. The summed E-state index contributed by atoms with van der Waals surface area (Å²) in [7, 11) is 0. The molecular weight excluding hydrogens is 184 g/mol. The van der Waals surface area contributed by atoms with Crippen LogP contribution in [-0.4, -0.2) is 11.7 Å². The van der Waals surface area contributed by atoms with Crippen LogP contribution in [0.25, 0.3) is 0 Å². The van der Waals surface area contributed by atoms with Crippen molar-refractivity contribution in [2.45, 2.75) is 78.6 Å². The van der Waals surface area contributed by atoms with Gasteiger partial charge in [0, 0.05) is 6.61 Å². The molecule has 0 saturated heterocycles. The Bertz CT molecular complexity index is 115. The van der Waals surface area contributed by atoms with Crippen molar-refractivity contribution in [2.75, 3.05) is 6.61 Å². The van der Waals surface area contributed by atoms with Crippen LogP contribution in [0.1, 0.15) is 78.6 Å². The number of unbranched alkanes of at least 4 members (excludes halogenated alkanes) is 1. The van der Waals surface area contributed by atoms with Gasteiger partial charge in [-0.2, -0.15) is 0 Å². The van der Waals surface area contributed by atoms with E-state index in [1.165, 1.54) is 51.4 Å². The molecule has 0 saturated carbocycles. The molecule has 0 aromatic carbocycles. The first-order chi connectivity index (χ1) is 7.24. The average Bonchev–Trinajstić information content (AvgIpc) is 2.24. The lowest BCUT2D eigenvalue weighted by Crippen LogP contribution is -2.21. The summed E-state index contributed by atoms with van der Waals surface area (Å²) in [4.78, 5) is 0. The monoisotopic (exact) mass is 214 g/mol. The zero-order chi connectivity index (χ0) is 11.6. The fraction of sp³-hybridized carbons (Fsp3) is 1.00. The van der Waals surface area contributed by atoms with Gasteiger partial charge in [0.15, 0.2) is 0 Å². The normalized spacial score (nSPS) is 12.0. The quantitative estimate of drug-likeness (QED) is 0.566. The van der Waals surface area contributed by atoms with Crippen LogP contribution in [0.5, 0.6) is 0 Å². The molecule has 0 rings (SSSR count). The van der Waals surface area contributed by atoms with E-state index in [4.69, 9.17) is 5.11 Å². The molecule has 0 bridgehead atoms. The molecule has 1 heteroatoms. The maximum atomic E-state index is 8.99. The Morgan fingerprint density at radius 2 is 1.27 bits per heavy atom. The molecular formula is C14H30O. The molecule has 0 amide bonds. The maximum Gasteiger partial charge on any atom is 0.0431 e. The van der Waals surface area contributed by atoms with Crippen LogP contribution in [0.3, 0.4) is 0 Å². The minimum absolute atomic E-state index is 0.362. The summed E-state index contributed by atoms with van der Waals surface area (Å²) in [5, 5.41) is 8.99. The molecule has 0 aromatic heterocycles. The first-order valence-corrected chi connectivity index (χ1v) is 6.85. The van der Waals surface area contributed by atoms with Crippen LogP contribution < -0.4 is 0 Å². The molecule has 0 heterocycles. The van der Waals surface area contributed by atoms with Crippen molar-refractivity contribution in [2.24, 2.45) is 5.41 Å². The predicted octanol–water partition coefficient (Wildman–Crippen LogP) is 4.54. The van der Waals surface area contributed by atoms with Gasteiger partial charge >= 0.3 is 0 Å². The highest BCUT2D eigenvalue weighted by molar-refractivity contribution is 4.78. The molecule has 0 atom stereocenters. The lowest BCUT2D eigenvalue weighted by Gasteiger charge is -2.34. The van der Waals surface area contributed by atoms with E-state index < -0.39 is 0 Å². The topological polar surface area (TPSA) is 20.2 Å². The van der Waals surface area contributed by atoms with E-state index in [-0.39, 0.29) is 0 Å². The highest BCUT2D eigenvalue weighted by Crippen LogP contribution is 2.39. The van der Waals surface area contributed by atoms with Gasteiger partial charge in [-0.1, -0.05) is 46.5 Å². The summed E-state index contributed by atoms with van der Waals surface area (Å²) in [6.07, 6.45) is 11.5. The number of hydrogen-bond acceptors (Lipinski definition) is 1. The van der Waals surface area contributed by atoms with Crippen LogP contribution in [0, 0.1) is 5.41 Å². The van der Waals surface area contributed by atoms with Crippen LogP contribution >= 0.6 is 0 Å². The minimum atomic E-state index is 0.362. The standard InChI is InChI=1S/C14H30O/c1-4-7-11-14(9-5-2,10-6-3)12-8-13-15/h15H,4-13H2,1-3H3. The Kier molecular flexibility index (Phi) is 9.18. The summed E-state index contributed by atoms with van der Waals surface area (Å²) in [5.41, 5.74) is 0.544. The number of hydrogen-bond donors (Lipinski definition) is 1. The highest BCUT2D eigenvalue weighted by atomic mass is 16.2. The van der Waals surface area contributed by atoms with Crippen molar-refractivity contribution in [3.63, 3.8) is 0 Å². The predicted molar refractivity (Wildman–Crippen MR) is 68.1 cm³/mol. The highest BCUT2D eigenvalue weighted by Gasteiger charge is 2.26. The van der Waals surface area contributed by atoms with Crippen molar-refractivity contribution in [3.8, 4) is 0 Å². The van der Waals surface area contributed by atoms with Gasteiger partial charge in [0.1, 0.15) is 0 Å². The van der Waals surface area contributed by atoms with Gasteiger partial charge < -0.3 is 5.11 Å². The minimum Gasteiger partial charge on any atom is -0.396 e. The molecule has 1 N–H and O–H groups in total. The molecule has 92 valence electrons. The van der Waals surface area contributed by atoms with E-state index in [2.05, 4.69) is 20.8 Å². The van der Waals surface area contributed by atoms with Gasteiger partial charge in [-0.15, -0.1) is 0 Å². The van der Waals surface area contributed by atoms with Crippen LogP contribution in [0.2, 0.25) is 0 Å². The summed E-state index contributed by atoms with van der Waals surface area (Å²) in [6, 6.07) is 0. The van der Waals surface area contributed by atoms with Crippen molar-refractivity contribution in [3.05, 3.63) is 0 Å². The summed E-state index contributed by atoms with van der Waals surface area (Å²) < 4.78 is 0. The molecule has 0 fully saturated rings. The van der Waals surface area contributed by atoms with Gasteiger partial charge in [-0.3, -0.25) is 0 Å². The van der Waals surface area contributed by atoms with Gasteiger partial charge in [0.25, 0.3) is 0 Å². The van der Waals surface area contributed by atoms with E-state index in [9.17, 15) is 0 Å². The van der Waals surface area contributed by atoms with E-state index in [0.29, 0.717) is 12.0 Å². The van der Waals surface area contributed by atoms with E-state index in [1.54, 1.807) is 0 Å². The molecule has 0 spiro atoms. The third kappa shape index (κ3) is 6.19. The van der Waals surface area contributed by atoms with E-state index in [0.717, 1.165) is 6.42 Å². The Balaban J connectivity index is 4.26. The third-order valence-corrected chi connectivity index (χ3v) is 3.49. The van der Waals surface area contributed by atoms with Crippen molar-refractivity contribution >= 4 is 0 Å². The van der Waals surface area contributed by atoms with Gasteiger partial charge in [-0.25, -0.2) is 0 Å². The first kappa shape index (κ1) is 15.0. The second-order valence-corrected chi connectivity index (χ2v) is 4.93. The van der Waals surface area contributed by atoms with Crippen LogP contribution in [0.4, 0.5) is 0 Å². The Labute approximate surface area is 96.3 Å². The van der Waals surface area contributed by atoms with Crippen LogP contribution in [0.15, 0.2) is 0 Å². The van der Waals surface area contributed by atoms with Gasteiger partial charge in [0.05, 0.1) is 0 Å². The van der Waals surface area contributed by atoms with Gasteiger partial charge in [-0.05, 0) is 37.5 Å². The number of aliphatic hydroxyl groups is 1. The fourth-order valence-electron chi connectivity index (χ4n) is 2.82. The lowest BCUT2D eigenvalue weighted by atomic mass is 9.72. The van der Waals surface area contributed by atoms with Crippen LogP contribution in [-0.2, 0) is 0 Å². The first-order valence-electron chi connectivity index (χ1n) is 6.85. The molecule has 0 aliphatic carbocycles. The summed E-state index contributed by atoms with van der Waals surface area (Å²) in [6.45, 7) is 7.21. The summed E-state index contributed by atoms with van der Waals surface area (Å²) in [5.74, 6) is 0. The molecule has 0 radical (unpaired) electrons.